The lowest BCUT2D eigenvalue weighted by Gasteiger charge is -2.18. The smallest absolute Gasteiger partial charge is 0.319 e. The molecule has 2 fully saturated rings. The number of ether oxygens (including phenoxy) is 2. The molecular weight excluding hydrogens is 396 g/mol. The number of rotatable bonds is 4. The first kappa shape index (κ1) is 18.6. The fourth-order valence-corrected chi connectivity index (χ4v) is 6.85. The highest BCUT2D eigenvalue weighted by molar-refractivity contribution is 8.00. The van der Waals surface area contributed by atoms with E-state index in [0.717, 1.165) is 48.9 Å². The molecular formula is C20H24N2O4S2. The van der Waals surface area contributed by atoms with Crippen molar-refractivity contribution in [1.82, 2.24) is 9.55 Å². The molecule has 4 heterocycles. The van der Waals surface area contributed by atoms with Crippen LogP contribution in [-0.2, 0) is 33.7 Å². The average molecular weight is 421 g/mol. The lowest BCUT2D eigenvalue weighted by Crippen LogP contribution is -2.30. The topological polar surface area (TPSA) is 70.4 Å². The van der Waals surface area contributed by atoms with Gasteiger partial charge in [-0.15, -0.1) is 11.3 Å². The molecule has 0 spiro atoms. The average Bonchev–Trinajstić information content (AvgIpc) is 3.39. The molecule has 2 aliphatic heterocycles. The van der Waals surface area contributed by atoms with Crippen molar-refractivity contribution >= 4 is 39.3 Å². The van der Waals surface area contributed by atoms with E-state index in [1.165, 1.54) is 22.2 Å². The van der Waals surface area contributed by atoms with Crippen molar-refractivity contribution in [3.63, 3.8) is 0 Å². The number of carbonyl (C=O) groups excluding carboxylic acids is 1. The van der Waals surface area contributed by atoms with Crippen LogP contribution in [0.4, 0.5) is 0 Å². The number of carbonyl (C=O) groups is 1. The van der Waals surface area contributed by atoms with Crippen LogP contribution in [0, 0.1) is 5.92 Å². The molecule has 0 unspecified atom stereocenters. The molecule has 0 bridgehead atoms. The number of fused-ring (bicyclic) bond motifs is 3. The summed E-state index contributed by atoms with van der Waals surface area (Å²) >= 11 is 3.03. The Balaban J connectivity index is 1.61. The van der Waals surface area contributed by atoms with Gasteiger partial charge in [-0.2, -0.15) is 0 Å². The summed E-state index contributed by atoms with van der Waals surface area (Å²) in [7, 11) is 0. The second kappa shape index (κ2) is 7.46. The van der Waals surface area contributed by atoms with Gasteiger partial charge in [0.2, 0.25) is 0 Å². The van der Waals surface area contributed by atoms with E-state index in [2.05, 4.69) is 6.92 Å². The van der Waals surface area contributed by atoms with Crippen LogP contribution in [-0.4, -0.2) is 40.1 Å². The van der Waals surface area contributed by atoms with Gasteiger partial charge in [0.1, 0.15) is 10.1 Å². The number of thiophene rings is 1. The number of cyclic esters (lactones) is 1. The highest BCUT2D eigenvalue weighted by atomic mass is 32.2. The summed E-state index contributed by atoms with van der Waals surface area (Å²) in [4.78, 5) is 32.6. The predicted octanol–water partition coefficient (Wildman–Crippen LogP) is 3.17. The number of aryl methyl sites for hydroxylation is 1. The van der Waals surface area contributed by atoms with Gasteiger partial charge in [-0.25, -0.2) is 4.98 Å². The van der Waals surface area contributed by atoms with E-state index in [1.807, 2.05) is 0 Å². The van der Waals surface area contributed by atoms with Crippen molar-refractivity contribution in [2.45, 2.75) is 68.5 Å². The van der Waals surface area contributed by atoms with Crippen molar-refractivity contribution in [2.24, 2.45) is 5.92 Å². The van der Waals surface area contributed by atoms with Crippen LogP contribution < -0.4 is 5.56 Å². The van der Waals surface area contributed by atoms with Gasteiger partial charge in [0.05, 0.1) is 24.6 Å². The van der Waals surface area contributed by atoms with Crippen LogP contribution >= 0.6 is 23.1 Å². The molecule has 2 aromatic heterocycles. The predicted molar refractivity (Wildman–Crippen MR) is 109 cm³/mol. The molecule has 0 N–H and O–H groups in total. The maximum absolute atomic E-state index is 13.6. The molecule has 8 heteroatoms. The van der Waals surface area contributed by atoms with Gasteiger partial charge < -0.3 is 9.47 Å². The van der Waals surface area contributed by atoms with E-state index in [9.17, 15) is 9.59 Å². The molecule has 2 aromatic rings. The fourth-order valence-electron chi connectivity index (χ4n) is 4.36. The van der Waals surface area contributed by atoms with Crippen molar-refractivity contribution in [2.75, 3.05) is 13.2 Å². The summed E-state index contributed by atoms with van der Waals surface area (Å²) in [6.45, 7) is 3.97. The summed E-state index contributed by atoms with van der Waals surface area (Å²) in [5.74, 6) is 0.444. The third-order valence-electron chi connectivity index (χ3n) is 5.93. The summed E-state index contributed by atoms with van der Waals surface area (Å²) < 4.78 is 12.7. The molecule has 150 valence electrons. The van der Waals surface area contributed by atoms with E-state index in [4.69, 9.17) is 14.5 Å². The van der Waals surface area contributed by atoms with Crippen LogP contribution in [0.3, 0.4) is 0 Å². The number of esters is 1. The van der Waals surface area contributed by atoms with Gasteiger partial charge >= 0.3 is 5.97 Å². The minimum absolute atomic E-state index is 0.0291. The molecule has 0 saturated carbocycles. The monoisotopic (exact) mass is 420 g/mol. The number of thioether (sulfide) groups is 1. The van der Waals surface area contributed by atoms with Crippen molar-refractivity contribution in [3.05, 3.63) is 20.8 Å². The maximum atomic E-state index is 13.6. The van der Waals surface area contributed by atoms with Crippen molar-refractivity contribution < 1.29 is 14.3 Å². The van der Waals surface area contributed by atoms with Gasteiger partial charge in [-0.1, -0.05) is 18.7 Å². The highest BCUT2D eigenvalue weighted by Crippen LogP contribution is 2.37. The van der Waals surface area contributed by atoms with E-state index < -0.39 is 0 Å². The number of hydrogen-bond acceptors (Lipinski definition) is 7. The number of nitrogens with zero attached hydrogens (tertiary/aromatic N) is 2. The van der Waals surface area contributed by atoms with Gasteiger partial charge in [-0.3, -0.25) is 14.2 Å². The molecule has 3 aliphatic rings. The first-order chi connectivity index (χ1) is 13.6. The lowest BCUT2D eigenvalue weighted by atomic mass is 9.89. The third kappa shape index (κ3) is 3.29. The van der Waals surface area contributed by atoms with Gasteiger partial charge in [0, 0.05) is 17.9 Å². The van der Waals surface area contributed by atoms with Crippen molar-refractivity contribution in [1.29, 1.82) is 0 Å². The zero-order valence-electron chi connectivity index (χ0n) is 15.9. The number of hydrogen-bond donors (Lipinski definition) is 0. The van der Waals surface area contributed by atoms with E-state index in [-0.39, 0.29) is 22.9 Å². The minimum atomic E-state index is -0.283. The lowest BCUT2D eigenvalue weighted by molar-refractivity contribution is -0.137. The Morgan fingerprint density at radius 3 is 2.89 bits per heavy atom. The summed E-state index contributed by atoms with van der Waals surface area (Å²) in [5, 5.41) is 1.14. The molecule has 1 aliphatic carbocycles. The second-order valence-corrected chi connectivity index (χ2v) is 10.3. The molecule has 28 heavy (non-hydrogen) atoms. The van der Waals surface area contributed by atoms with Crippen molar-refractivity contribution in [3.8, 4) is 0 Å². The molecule has 5 rings (SSSR count). The van der Waals surface area contributed by atoms with Crippen LogP contribution in [0.1, 0.15) is 43.0 Å². The summed E-state index contributed by atoms with van der Waals surface area (Å²) in [6, 6.07) is 0. The first-order valence-corrected chi connectivity index (χ1v) is 11.8. The minimum Gasteiger partial charge on any atom is -0.465 e. The van der Waals surface area contributed by atoms with E-state index in [1.54, 1.807) is 15.9 Å². The first-order valence-electron chi connectivity index (χ1n) is 10.1. The van der Waals surface area contributed by atoms with Crippen LogP contribution in [0.2, 0.25) is 0 Å². The molecule has 0 amide bonds. The Hall–Kier alpha value is -1.38. The Labute approximate surface area is 171 Å². The Kier molecular flexibility index (Phi) is 4.97. The number of aromatic nitrogens is 2. The SMILES string of the molecule is C[C@@H]1CCc2c(sc3nc(S[C@H]4CCOC4=O)n(C[C@@H]4CCCO4)c(=O)c23)C1. The summed E-state index contributed by atoms with van der Waals surface area (Å²) in [5.41, 5.74) is 1.23. The second-order valence-electron chi connectivity index (χ2n) is 8.04. The standard InChI is InChI=1S/C20H24N2O4S2/c1-11-4-5-13-15(9-11)27-17-16(13)18(23)22(10-12-3-2-7-25-12)20(21-17)28-14-6-8-26-19(14)24/h11-12,14H,2-10H2,1H3/t11-,12+,14+/m1/s1. The third-order valence-corrected chi connectivity index (χ3v) is 8.31. The molecule has 2 saturated heterocycles. The van der Waals surface area contributed by atoms with Crippen LogP contribution in [0.25, 0.3) is 10.2 Å². The zero-order valence-corrected chi connectivity index (χ0v) is 17.6. The molecule has 6 nitrogen and oxygen atoms in total. The van der Waals surface area contributed by atoms with Gasteiger partial charge in [0.15, 0.2) is 5.16 Å². The quantitative estimate of drug-likeness (QED) is 0.559. The van der Waals surface area contributed by atoms with Crippen LogP contribution in [0.15, 0.2) is 9.95 Å². The zero-order chi connectivity index (χ0) is 19.3. The molecule has 0 radical (unpaired) electrons. The Bertz CT molecular complexity index is 977. The molecule has 3 atom stereocenters. The Morgan fingerprint density at radius 2 is 2.14 bits per heavy atom. The maximum Gasteiger partial charge on any atom is 0.319 e. The largest absolute Gasteiger partial charge is 0.465 e. The van der Waals surface area contributed by atoms with Gasteiger partial charge in [0.25, 0.3) is 5.56 Å². The van der Waals surface area contributed by atoms with Crippen LogP contribution in [0.5, 0.6) is 0 Å². The van der Waals surface area contributed by atoms with E-state index >= 15 is 0 Å². The normalized spacial score (nSPS) is 27.3. The van der Waals surface area contributed by atoms with E-state index in [0.29, 0.717) is 30.6 Å². The molecule has 0 aromatic carbocycles. The highest BCUT2D eigenvalue weighted by Gasteiger charge is 2.31. The Morgan fingerprint density at radius 1 is 1.25 bits per heavy atom. The summed E-state index contributed by atoms with van der Waals surface area (Å²) in [6.07, 6.45) is 5.79. The van der Waals surface area contributed by atoms with Gasteiger partial charge in [-0.05, 0) is 43.6 Å². The fraction of sp³-hybridized carbons (Fsp3) is 0.650.